The molecule has 0 aliphatic rings. The molecule has 236 valence electrons. The van der Waals surface area contributed by atoms with Gasteiger partial charge in [-0.3, -0.25) is 0 Å². The first-order valence-corrected chi connectivity index (χ1v) is 20.4. The van der Waals surface area contributed by atoms with Crippen molar-refractivity contribution in [2.75, 3.05) is 0 Å². The summed E-state index contributed by atoms with van der Waals surface area (Å²) in [5, 5.41) is 2.11. The Bertz CT molecular complexity index is 2250. The lowest BCUT2D eigenvalue weighted by Gasteiger charge is -2.31. The molecule has 0 saturated carbocycles. The van der Waals surface area contributed by atoms with Crippen molar-refractivity contribution < 1.29 is 0 Å². The number of nitrogens with zero attached hydrogens (tertiary/aromatic N) is 4. The summed E-state index contributed by atoms with van der Waals surface area (Å²) in [6.07, 6.45) is 4.14. The van der Waals surface area contributed by atoms with Gasteiger partial charge in [-0.2, -0.15) is 17.5 Å². The molecule has 0 N–H and O–H groups in total. The molecule has 0 fully saturated rings. The average Bonchev–Trinajstić information content (AvgIpc) is 3.87. The molecule has 0 bridgehead atoms. The van der Waals surface area contributed by atoms with E-state index in [9.17, 15) is 0 Å². The number of aromatic nitrogens is 4. The Morgan fingerprint density at radius 2 is 1.46 bits per heavy atom. The van der Waals surface area contributed by atoms with Crippen LogP contribution in [0.5, 0.6) is 0 Å². The molecule has 5 aromatic heterocycles. The van der Waals surface area contributed by atoms with Gasteiger partial charge in [0.15, 0.2) is 0 Å². The third kappa shape index (κ3) is 5.52. The van der Waals surface area contributed by atoms with Crippen molar-refractivity contribution in [1.29, 1.82) is 0 Å². The Hall–Kier alpha value is -2.04. The SMILES string of the molecule is C/C=C(\S)c1cc2c(cc(-c3cc(CC(C)C)c(-c4ccc(-c5ccc(C(C)(CC)C(C)P)s5)s4)s3)c3nsnc32)c2nsnc12. The fourth-order valence-corrected chi connectivity index (χ4v) is 11.7. The third-order valence-electron chi connectivity index (χ3n) is 9.10. The van der Waals surface area contributed by atoms with E-state index in [1.165, 1.54) is 58.3 Å². The molecule has 3 unspecified atom stereocenters. The number of hydrogen-bond acceptors (Lipinski definition) is 10. The van der Waals surface area contributed by atoms with Crippen molar-refractivity contribution >= 4 is 117 Å². The summed E-state index contributed by atoms with van der Waals surface area (Å²) < 4.78 is 19.1. The Morgan fingerprint density at radius 3 is 2.15 bits per heavy atom. The molecule has 0 aliphatic carbocycles. The number of thiol groups is 1. The first-order chi connectivity index (χ1) is 22.1. The maximum atomic E-state index is 4.84. The Morgan fingerprint density at radius 1 is 0.826 bits per heavy atom. The van der Waals surface area contributed by atoms with Gasteiger partial charge >= 0.3 is 0 Å². The molecule has 2 aromatic carbocycles. The minimum atomic E-state index is 0.167. The molecular formula is C35H35N4PS6. The van der Waals surface area contributed by atoms with Crippen molar-refractivity contribution in [3.8, 4) is 29.9 Å². The minimum Gasteiger partial charge on any atom is -0.172 e. The van der Waals surface area contributed by atoms with Crippen LogP contribution >= 0.6 is 79.3 Å². The lowest BCUT2D eigenvalue weighted by Crippen LogP contribution is -2.28. The van der Waals surface area contributed by atoms with Gasteiger partial charge in [0.05, 0.1) is 23.5 Å². The average molecular weight is 735 g/mol. The van der Waals surface area contributed by atoms with Crippen LogP contribution in [0.2, 0.25) is 0 Å². The zero-order valence-corrected chi connectivity index (χ0v) is 32.7. The summed E-state index contributed by atoms with van der Waals surface area (Å²) in [7, 11) is 3.03. The fraction of sp³-hybridized carbons (Fsp3) is 0.314. The van der Waals surface area contributed by atoms with E-state index in [2.05, 4.69) is 90.7 Å². The van der Waals surface area contributed by atoms with E-state index in [4.69, 9.17) is 25.7 Å². The summed E-state index contributed by atoms with van der Waals surface area (Å²) in [4.78, 5) is 8.93. The Labute approximate surface area is 298 Å². The summed E-state index contributed by atoms with van der Waals surface area (Å²) >= 11 is 13.0. The van der Waals surface area contributed by atoms with Gasteiger partial charge in [0.1, 0.15) is 22.1 Å². The molecule has 7 aromatic rings. The van der Waals surface area contributed by atoms with Gasteiger partial charge in [-0.15, -0.1) is 55.9 Å². The van der Waals surface area contributed by atoms with E-state index in [0.717, 1.165) is 61.7 Å². The summed E-state index contributed by atoms with van der Waals surface area (Å²) in [6.45, 7) is 13.6. The summed E-state index contributed by atoms with van der Waals surface area (Å²) in [5.41, 5.74) is 7.81. The molecular weight excluding hydrogens is 700 g/mol. The van der Waals surface area contributed by atoms with Crippen LogP contribution < -0.4 is 0 Å². The predicted octanol–water partition coefficient (Wildman–Crippen LogP) is 12.5. The highest BCUT2D eigenvalue weighted by atomic mass is 32.1. The normalized spacial score (nSPS) is 14.7. The Kier molecular flexibility index (Phi) is 9.02. The van der Waals surface area contributed by atoms with Crippen LogP contribution in [-0.4, -0.2) is 23.2 Å². The maximum Gasteiger partial charge on any atom is 0.114 e. The quantitative estimate of drug-likeness (QED) is 0.118. The van der Waals surface area contributed by atoms with Gasteiger partial charge in [-0.25, -0.2) is 0 Å². The van der Waals surface area contributed by atoms with Crippen LogP contribution in [0.1, 0.15) is 64.0 Å². The van der Waals surface area contributed by atoms with Gasteiger partial charge in [-0.1, -0.05) is 40.7 Å². The molecule has 46 heavy (non-hydrogen) atoms. The van der Waals surface area contributed by atoms with Crippen LogP contribution in [0.15, 0.2) is 48.5 Å². The maximum absolute atomic E-state index is 4.84. The van der Waals surface area contributed by atoms with Gasteiger partial charge in [0.2, 0.25) is 0 Å². The van der Waals surface area contributed by atoms with Crippen molar-refractivity contribution in [2.45, 2.75) is 65.5 Å². The van der Waals surface area contributed by atoms with Crippen molar-refractivity contribution in [3.63, 3.8) is 0 Å². The van der Waals surface area contributed by atoms with Crippen LogP contribution in [0.4, 0.5) is 0 Å². The molecule has 5 heterocycles. The van der Waals surface area contributed by atoms with Crippen LogP contribution in [-0.2, 0) is 11.8 Å². The summed E-state index contributed by atoms with van der Waals surface area (Å²) in [5.74, 6) is 0.542. The van der Waals surface area contributed by atoms with Crippen LogP contribution in [0.25, 0.3) is 67.7 Å². The molecule has 3 atom stereocenters. The van der Waals surface area contributed by atoms with Gasteiger partial charge in [-0.05, 0) is 79.4 Å². The molecule has 7 rings (SSSR count). The molecule has 0 radical (unpaired) electrons. The highest BCUT2D eigenvalue weighted by molar-refractivity contribution is 7.90. The van der Waals surface area contributed by atoms with Crippen LogP contribution in [0.3, 0.4) is 0 Å². The van der Waals surface area contributed by atoms with Gasteiger partial charge in [0, 0.05) is 61.5 Å². The molecule has 0 spiro atoms. The monoisotopic (exact) mass is 734 g/mol. The molecule has 11 heteroatoms. The van der Waals surface area contributed by atoms with E-state index in [1.54, 1.807) is 0 Å². The first kappa shape index (κ1) is 32.5. The highest BCUT2D eigenvalue weighted by Crippen LogP contribution is 2.48. The molecule has 0 saturated heterocycles. The van der Waals surface area contributed by atoms with E-state index in [0.29, 0.717) is 11.6 Å². The van der Waals surface area contributed by atoms with E-state index >= 15 is 0 Å². The second-order valence-corrected chi connectivity index (χ2v) is 18.2. The summed E-state index contributed by atoms with van der Waals surface area (Å²) in [6, 6.07) is 16.1. The molecule has 4 nitrogen and oxygen atoms in total. The van der Waals surface area contributed by atoms with Gasteiger partial charge in [0.25, 0.3) is 0 Å². The number of rotatable bonds is 9. The Balaban J connectivity index is 1.35. The van der Waals surface area contributed by atoms with Gasteiger partial charge < -0.3 is 0 Å². The van der Waals surface area contributed by atoms with Crippen LogP contribution in [0, 0.1) is 5.92 Å². The topological polar surface area (TPSA) is 51.6 Å². The number of fused-ring (bicyclic) bond motifs is 5. The smallest absolute Gasteiger partial charge is 0.114 e. The van der Waals surface area contributed by atoms with E-state index in [1.807, 2.05) is 47.0 Å². The predicted molar refractivity (Wildman–Crippen MR) is 214 cm³/mol. The van der Waals surface area contributed by atoms with Crippen molar-refractivity contribution in [2.24, 2.45) is 5.92 Å². The number of benzene rings is 2. The molecule has 0 aliphatic heterocycles. The fourth-order valence-electron chi connectivity index (χ4n) is 6.05. The number of thiophene rings is 3. The molecule has 0 amide bonds. The van der Waals surface area contributed by atoms with E-state index in [-0.39, 0.29) is 5.41 Å². The number of allylic oxidation sites excluding steroid dienone is 1. The minimum absolute atomic E-state index is 0.167. The lowest BCUT2D eigenvalue weighted by molar-refractivity contribution is 0.460. The van der Waals surface area contributed by atoms with Crippen molar-refractivity contribution in [3.05, 3.63) is 64.5 Å². The first-order valence-electron chi connectivity index (χ1n) is 15.4. The zero-order valence-electron chi connectivity index (χ0n) is 26.5. The second-order valence-electron chi connectivity index (χ2n) is 12.5. The zero-order chi connectivity index (χ0) is 32.3. The highest BCUT2D eigenvalue weighted by Gasteiger charge is 2.30. The largest absolute Gasteiger partial charge is 0.172 e. The van der Waals surface area contributed by atoms with Crippen molar-refractivity contribution in [1.82, 2.24) is 17.5 Å². The van der Waals surface area contributed by atoms with E-state index < -0.39 is 0 Å². The number of hydrogen-bond donors (Lipinski definition) is 1. The third-order valence-corrected chi connectivity index (χ3v) is 15.4. The second kappa shape index (κ2) is 12.8. The standard InChI is InChI=1S/C35H35N4PS6/c1-7-24(41)22-15-20-21(30-32(22)38-45-36-30)16-23(33-31(20)37-46-39-33)28-14-19(13-17(3)4)34(44-28)27-10-9-25(42-27)26-11-12-29(43-26)35(6,8-2)18(5)40/h7,9-12,14-18,41H,8,13,40H2,1-6H3/b24-7-. The lowest BCUT2D eigenvalue weighted by atomic mass is 9.83.